The number of ether oxygens (including phenoxy) is 1. The number of anilines is 1. The van der Waals surface area contributed by atoms with Crippen LogP contribution in [0.1, 0.15) is 27.2 Å². The van der Waals surface area contributed by atoms with Crippen LogP contribution in [0.2, 0.25) is 18.1 Å². The van der Waals surface area contributed by atoms with Gasteiger partial charge >= 0.3 is 0 Å². The molecule has 0 N–H and O–H groups in total. The van der Waals surface area contributed by atoms with Crippen LogP contribution in [0.5, 0.6) is 5.75 Å². The van der Waals surface area contributed by atoms with Gasteiger partial charge in [0.05, 0.1) is 7.11 Å². The molecule has 1 saturated heterocycles. The third-order valence-electron chi connectivity index (χ3n) is 4.84. The molecule has 4 heteroatoms. The molecule has 0 spiro atoms. The van der Waals surface area contributed by atoms with Crippen molar-refractivity contribution in [1.29, 1.82) is 0 Å². The third kappa shape index (κ3) is 4.01. The van der Waals surface area contributed by atoms with Gasteiger partial charge in [-0.1, -0.05) is 20.8 Å². The summed E-state index contributed by atoms with van der Waals surface area (Å²) in [6.07, 6.45) is 1.12. The number of hydrogen-bond donors (Lipinski definition) is 0. The first-order valence-corrected chi connectivity index (χ1v) is 10.7. The quantitative estimate of drug-likeness (QED) is 0.578. The van der Waals surface area contributed by atoms with E-state index in [0.717, 1.165) is 25.3 Å². The minimum absolute atomic E-state index is 0.298. The Morgan fingerprint density at radius 2 is 1.81 bits per heavy atom. The van der Waals surface area contributed by atoms with Gasteiger partial charge in [0.25, 0.3) is 0 Å². The average molecular weight is 308 g/mol. The maximum Gasteiger partial charge on any atom is 0.191 e. The van der Waals surface area contributed by atoms with Crippen molar-refractivity contribution in [2.24, 2.45) is 0 Å². The van der Waals surface area contributed by atoms with E-state index in [-0.39, 0.29) is 0 Å². The molecule has 1 fully saturated rings. The van der Waals surface area contributed by atoms with Crippen molar-refractivity contribution in [2.75, 3.05) is 25.2 Å². The monoisotopic (exact) mass is 307 g/mol. The minimum Gasteiger partial charge on any atom is -0.497 e. The first kappa shape index (κ1) is 16.4. The van der Waals surface area contributed by atoms with Gasteiger partial charge in [-0.05, 0) is 48.8 Å². The second kappa shape index (κ2) is 6.01. The molecule has 0 aliphatic carbocycles. The zero-order valence-corrected chi connectivity index (χ0v) is 15.3. The molecule has 21 heavy (non-hydrogen) atoms. The van der Waals surface area contributed by atoms with Gasteiger partial charge in [-0.15, -0.1) is 0 Å². The first-order valence-electron chi connectivity index (χ1n) is 7.79. The fourth-order valence-corrected chi connectivity index (χ4v) is 3.24. The Morgan fingerprint density at radius 1 is 1.19 bits per heavy atom. The van der Waals surface area contributed by atoms with Crippen LogP contribution in [0.15, 0.2) is 24.3 Å². The van der Waals surface area contributed by atoms with Crippen LogP contribution in [0, 0.1) is 0 Å². The number of nitrogens with zero attached hydrogens (tertiary/aromatic N) is 1. The average Bonchev–Trinajstić information content (AvgIpc) is 3.17. The summed E-state index contributed by atoms with van der Waals surface area (Å²) >= 11 is 0. The van der Waals surface area contributed by atoms with Crippen molar-refractivity contribution < 1.29 is 9.16 Å². The summed E-state index contributed by atoms with van der Waals surface area (Å²) in [5, 5.41) is 0.298. The van der Waals surface area contributed by atoms with E-state index in [1.807, 2.05) is 12.1 Å². The van der Waals surface area contributed by atoms with E-state index in [2.05, 4.69) is 50.9 Å². The maximum atomic E-state index is 6.26. The molecule has 0 saturated carbocycles. The summed E-state index contributed by atoms with van der Waals surface area (Å²) in [4.78, 5) is 2.43. The van der Waals surface area contributed by atoms with Gasteiger partial charge in [-0.25, -0.2) is 0 Å². The van der Waals surface area contributed by atoms with Crippen molar-refractivity contribution in [1.82, 2.24) is 0 Å². The summed E-state index contributed by atoms with van der Waals surface area (Å²) in [7, 11) is 0.109. The van der Waals surface area contributed by atoms with Crippen LogP contribution in [0.4, 0.5) is 5.69 Å². The number of benzene rings is 1. The molecule has 1 aromatic carbocycles. The fraction of sp³-hybridized carbons (Fsp3) is 0.647. The van der Waals surface area contributed by atoms with Crippen LogP contribution in [0.25, 0.3) is 0 Å². The summed E-state index contributed by atoms with van der Waals surface area (Å²) in [6, 6.07) is 8.96. The van der Waals surface area contributed by atoms with E-state index < -0.39 is 8.32 Å². The standard InChI is InChI=1S/C17H29NO2Si/c1-17(2,3)21(5,6)20-12-11-15-13-18(15)14-7-9-16(19-4)10-8-14/h7-10,15H,11-13H2,1-6H3. The molecule has 1 atom stereocenters. The number of hydrogen-bond acceptors (Lipinski definition) is 3. The second-order valence-corrected chi connectivity index (χ2v) is 12.2. The van der Waals surface area contributed by atoms with E-state index in [0.29, 0.717) is 11.1 Å². The van der Waals surface area contributed by atoms with Crippen molar-refractivity contribution in [3.05, 3.63) is 24.3 Å². The van der Waals surface area contributed by atoms with Crippen molar-refractivity contribution in [2.45, 2.75) is 51.4 Å². The largest absolute Gasteiger partial charge is 0.497 e. The molecule has 3 nitrogen and oxygen atoms in total. The highest BCUT2D eigenvalue weighted by molar-refractivity contribution is 6.74. The third-order valence-corrected chi connectivity index (χ3v) is 9.38. The van der Waals surface area contributed by atoms with E-state index in [9.17, 15) is 0 Å². The minimum atomic E-state index is -1.59. The Kier molecular flexibility index (Phi) is 4.68. The smallest absolute Gasteiger partial charge is 0.191 e. The Labute approximate surface area is 130 Å². The van der Waals surface area contributed by atoms with Crippen molar-refractivity contribution in [3.63, 3.8) is 0 Å². The van der Waals surface area contributed by atoms with Crippen molar-refractivity contribution >= 4 is 14.0 Å². The first-order chi connectivity index (χ1) is 9.74. The van der Waals surface area contributed by atoms with Gasteiger partial charge < -0.3 is 14.1 Å². The Bertz CT molecular complexity index is 465. The summed E-state index contributed by atoms with van der Waals surface area (Å²) < 4.78 is 11.5. The summed E-state index contributed by atoms with van der Waals surface area (Å²) in [6.45, 7) is 13.5. The topological polar surface area (TPSA) is 21.5 Å². The normalized spacial score (nSPS) is 18.8. The molecule has 1 heterocycles. The molecule has 0 amide bonds. The van der Waals surface area contributed by atoms with E-state index in [1.54, 1.807) is 7.11 Å². The molecule has 1 aliphatic heterocycles. The van der Waals surface area contributed by atoms with Crippen LogP contribution in [-0.2, 0) is 4.43 Å². The highest BCUT2D eigenvalue weighted by Gasteiger charge is 2.38. The predicted octanol–water partition coefficient (Wildman–Crippen LogP) is 4.30. The van der Waals surface area contributed by atoms with Crippen molar-refractivity contribution in [3.8, 4) is 5.75 Å². The molecule has 0 bridgehead atoms. The van der Waals surface area contributed by atoms with Crippen LogP contribution in [0.3, 0.4) is 0 Å². The lowest BCUT2D eigenvalue weighted by atomic mass is 10.2. The predicted molar refractivity (Wildman–Crippen MR) is 91.9 cm³/mol. The van der Waals surface area contributed by atoms with Gasteiger partial charge in [0, 0.05) is 24.9 Å². The lowest BCUT2D eigenvalue weighted by Gasteiger charge is -2.36. The second-order valence-electron chi connectivity index (χ2n) is 7.40. The Hall–Kier alpha value is -1.00. The summed E-state index contributed by atoms with van der Waals surface area (Å²) in [5.41, 5.74) is 1.29. The lowest BCUT2D eigenvalue weighted by molar-refractivity contribution is 0.283. The molecule has 2 rings (SSSR count). The number of rotatable bonds is 6. The molecule has 0 radical (unpaired) electrons. The van der Waals surface area contributed by atoms with Gasteiger partial charge in [-0.2, -0.15) is 0 Å². The van der Waals surface area contributed by atoms with E-state index in [4.69, 9.17) is 9.16 Å². The van der Waals surface area contributed by atoms with E-state index >= 15 is 0 Å². The van der Waals surface area contributed by atoms with Gasteiger partial charge in [0.2, 0.25) is 0 Å². The van der Waals surface area contributed by atoms with Gasteiger partial charge in [-0.3, -0.25) is 0 Å². The lowest BCUT2D eigenvalue weighted by Crippen LogP contribution is -2.41. The molecular formula is C17H29NO2Si. The Morgan fingerprint density at radius 3 is 2.33 bits per heavy atom. The molecule has 1 aromatic rings. The summed E-state index contributed by atoms with van der Waals surface area (Å²) in [5.74, 6) is 0.915. The zero-order chi connectivity index (χ0) is 15.7. The zero-order valence-electron chi connectivity index (χ0n) is 14.3. The molecule has 0 aromatic heterocycles. The van der Waals surface area contributed by atoms with Crippen LogP contribution < -0.4 is 9.64 Å². The highest BCUT2D eigenvalue weighted by atomic mass is 28.4. The molecule has 1 unspecified atom stereocenters. The molecule has 1 aliphatic rings. The molecule has 118 valence electrons. The van der Waals surface area contributed by atoms with Gasteiger partial charge in [0.15, 0.2) is 8.32 Å². The number of methoxy groups -OCH3 is 1. The maximum absolute atomic E-state index is 6.26. The highest BCUT2D eigenvalue weighted by Crippen LogP contribution is 2.37. The van der Waals surface area contributed by atoms with E-state index in [1.165, 1.54) is 5.69 Å². The Balaban J connectivity index is 1.77. The van der Waals surface area contributed by atoms with Gasteiger partial charge in [0.1, 0.15) is 5.75 Å². The SMILES string of the molecule is COc1ccc(N2CC2CCO[Si](C)(C)C(C)(C)C)cc1. The molecular weight excluding hydrogens is 278 g/mol. The van der Waals surface area contributed by atoms with Crippen LogP contribution >= 0.6 is 0 Å². The van der Waals surface area contributed by atoms with Crippen LogP contribution in [-0.4, -0.2) is 34.6 Å². The fourth-order valence-electron chi connectivity index (χ4n) is 2.18.